The third-order valence-electron chi connectivity index (χ3n) is 5.23. The Bertz CT molecular complexity index is 841. The first-order valence-electron chi connectivity index (χ1n) is 8.62. The largest absolute Gasteiger partial charge is 0.228 e. The molecule has 0 bridgehead atoms. The number of rotatable bonds is 3. The SMILES string of the molecule is Fc1c(F)c(F)c(B(c2c(F)c(F)c(F)c(F)c2F)C2CCCCC2)c(F)c1F. The van der Waals surface area contributed by atoms with Gasteiger partial charge in [-0.3, -0.25) is 0 Å². The Morgan fingerprint density at radius 3 is 1.00 bits per heavy atom. The molecule has 0 atom stereocenters. The quantitative estimate of drug-likeness (QED) is 0.279. The van der Waals surface area contributed by atoms with Gasteiger partial charge in [0.05, 0.1) is 0 Å². The van der Waals surface area contributed by atoms with Crippen LogP contribution in [0.5, 0.6) is 0 Å². The highest BCUT2D eigenvalue weighted by Crippen LogP contribution is 2.34. The minimum Gasteiger partial charge on any atom is -0.204 e. The van der Waals surface area contributed by atoms with Crippen molar-refractivity contribution in [1.82, 2.24) is 0 Å². The van der Waals surface area contributed by atoms with E-state index in [1.54, 1.807) is 0 Å². The molecule has 1 aliphatic carbocycles. The van der Waals surface area contributed by atoms with Gasteiger partial charge < -0.3 is 0 Å². The first kappa shape index (κ1) is 21.5. The van der Waals surface area contributed by atoms with E-state index in [1.165, 1.54) is 0 Å². The Hall–Kier alpha value is -2.20. The molecular weight excluding hydrogens is 417 g/mol. The van der Waals surface area contributed by atoms with Crippen LogP contribution in [-0.4, -0.2) is 6.71 Å². The third-order valence-corrected chi connectivity index (χ3v) is 5.23. The number of halogens is 10. The van der Waals surface area contributed by atoms with Crippen molar-refractivity contribution in [2.24, 2.45) is 0 Å². The van der Waals surface area contributed by atoms with Gasteiger partial charge >= 0.3 is 0 Å². The van der Waals surface area contributed by atoms with Crippen molar-refractivity contribution < 1.29 is 43.9 Å². The summed E-state index contributed by atoms with van der Waals surface area (Å²) in [5, 5.41) is 0. The highest BCUT2D eigenvalue weighted by molar-refractivity contribution is 6.86. The van der Waals surface area contributed by atoms with Crippen LogP contribution in [0.3, 0.4) is 0 Å². The summed E-state index contributed by atoms with van der Waals surface area (Å²) in [5.41, 5.74) is -3.23. The van der Waals surface area contributed by atoms with Crippen molar-refractivity contribution in [2.75, 3.05) is 0 Å². The Balaban J connectivity index is 2.39. The molecular formula is C18H11BF10. The molecule has 0 unspecified atom stereocenters. The van der Waals surface area contributed by atoms with Crippen LogP contribution in [-0.2, 0) is 0 Å². The van der Waals surface area contributed by atoms with Gasteiger partial charge in [0.1, 0.15) is 0 Å². The molecule has 0 heterocycles. The van der Waals surface area contributed by atoms with E-state index in [2.05, 4.69) is 0 Å². The molecule has 1 fully saturated rings. The van der Waals surface area contributed by atoms with E-state index in [-0.39, 0.29) is 12.8 Å². The molecule has 2 aromatic rings. The Labute approximate surface area is 158 Å². The zero-order chi connectivity index (χ0) is 21.6. The van der Waals surface area contributed by atoms with Crippen molar-refractivity contribution in [3.63, 3.8) is 0 Å². The monoisotopic (exact) mass is 428 g/mol. The lowest BCUT2D eigenvalue weighted by atomic mass is 9.31. The summed E-state index contributed by atoms with van der Waals surface area (Å²) >= 11 is 0. The van der Waals surface area contributed by atoms with E-state index < -0.39 is 81.6 Å². The topological polar surface area (TPSA) is 0 Å². The smallest absolute Gasteiger partial charge is 0.204 e. The number of benzene rings is 2. The van der Waals surface area contributed by atoms with E-state index in [0.717, 1.165) is 0 Å². The van der Waals surface area contributed by atoms with Crippen molar-refractivity contribution in [3.8, 4) is 0 Å². The molecule has 0 radical (unpaired) electrons. The summed E-state index contributed by atoms with van der Waals surface area (Å²) in [6.07, 6.45) is 1.45. The Morgan fingerprint density at radius 2 is 0.690 bits per heavy atom. The predicted molar refractivity (Wildman–Crippen MR) is 84.3 cm³/mol. The summed E-state index contributed by atoms with van der Waals surface area (Å²) in [4.78, 5) is 0. The van der Waals surface area contributed by atoms with Gasteiger partial charge in [0.2, 0.25) is 6.71 Å². The molecule has 156 valence electrons. The summed E-state index contributed by atoms with van der Waals surface area (Å²) in [7, 11) is 0. The average molecular weight is 428 g/mol. The van der Waals surface area contributed by atoms with Gasteiger partial charge in [-0.15, -0.1) is 0 Å². The molecule has 2 aromatic carbocycles. The fourth-order valence-electron chi connectivity index (χ4n) is 3.87. The van der Waals surface area contributed by atoms with Crippen LogP contribution in [0.1, 0.15) is 32.1 Å². The second kappa shape index (κ2) is 7.91. The van der Waals surface area contributed by atoms with E-state index in [9.17, 15) is 43.9 Å². The zero-order valence-corrected chi connectivity index (χ0v) is 14.5. The van der Waals surface area contributed by atoms with E-state index >= 15 is 0 Å². The van der Waals surface area contributed by atoms with Crippen LogP contribution >= 0.6 is 0 Å². The van der Waals surface area contributed by atoms with E-state index in [1.807, 2.05) is 0 Å². The minimum atomic E-state index is -2.50. The molecule has 0 nitrogen and oxygen atoms in total. The highest BCUT2D eigenvalue weighted by Gasteiger charge is 2.43. The normalized spacial score (nSPS) is 15.1. The molecule has 0 amide bonds. The van der Waals surface area contributed by atoms with Gasteiger partial charge in [-0.1, -0.05) is 37.9 Å². The predicted octanol–water partition coefficient (Wildman–Crippen LogP) is 5.02. The molecule has 11 heteroatoms. The first-order chi connectivity index (χ1) is 13.6. The van der Waals surface area contributed by atoms with Crippen LogP contribution in [0, 0.1) is 58.2 Å². The van der Waals surface area contributed by atoms with Crippen molar-refractivity contribution >= 4 is 17.6 Å². The number of hydrogen-bond acceptors (Lipinski definition) is 0. The lowest BCUT2D eigenvalue weighted by molar-refractivity contribution is 0.381. The summed E-state index contributed by atoms with van der Waals surface area (Å²) in [5.74, 6) is -25.1. The maximum absolute atomic E-state index is 14.4. The van der Waals surface area contributed by atoms with E-state index in [4.69, 9.17) is 0 Å². The highest BCUT2D eigenvalue weighted by atomic mass is 19.2. The molecule has 0 spiro atoms. The lowest BCUT2D eigenvalue weighted by Gasteiger charge is -2.30. The Kier molecular flexibility index (Phi) is 5.87. The summed E-state index contributed by atoms with van der Waals surface area (Å²) in [6.45, 7) is -2.26. The van der Waals surface area contributed by atoms with Crippen molar-refractivity contribution in [1.29, 1.82) is 0 Å². The molecule has 3 rings (SSSR count). The van der Waals surface area contributed by atoms with E-state index in [0.29, 0.717) is 19.3 Å². The molecule has 0 aromatic heterocycles. The molecule has 1 saturated carbocycles. The fourth-order valence-corrected chi connectivity index (χ4v) is 3.87. The van der Waals surface area contributed by atoms with Gasteiger partial charge in [-0.25, -0.2) is 43.9 Å². The maximum atomic E-state index is 14.4. The molecule has 0 saturated heterocycles. The molecule has 0 N–H and O–H groups in total. The van der Waals surface area contributed by atoms with Gasteiger partial charge in [-0.2, -0.15) is 0 Å². The Morgan fingerprint density at radius 1 is 0.414 bits per heavy atom. The van der Waals surface area contributed by atoms with Gasteiger partial charge in [-0.05, 0) is 0 Å². The second-order valence-electron chi connectivity index (χ2n) is 6.84. The lowest BCUT2D eigenvalue weighted by Crippen LogP contribution is -2.54. The van der Waals surface area contributed by atoms with Crippen LogP contribution in [0.4, 0.5) is 43.9 Å². The second-order valence-corrected chi connectivity index (χ2v) is 6.84. The van der Waals surface area contributed by atoms with Crippen molar-refractivity contribution in [3.05, 3.63) is 58.2 Å². The fraction of sp³-hybridized carbons (Fsp3) is 0.333. The summed E-state index contributed by atoms with van der Waals surface area (Å²) in [6, 6.07) is 0. The minimum absolute atomic E-state index is 0.0314. The van der Waals surface area contributed by atoms with Gasteiger partial charge in [0.15, 0.2) is 58.2 Å². The first-order valence-corrected chi connectivity index (χ1v) is 8.62. The summed E-state index contributed by atoms with van der Waals surface area (Å²) < 4.78 is 139. The van der Waals surface area contributed by atoms with Crippen LogP contribution in [0.15, 0.2) is 0 Å². The van der Waals surface area contributed by atoms with Crippen LogP contribution < -0.4 is 10.9 Å². The average Bonchev–Trinajstić information content (AvgIpc) is 2.73. The maximum Gasteiger partial charge on any atom is 0.228 e. The molecule has 29 heavy (non-hydrogen) atoms. The molecule has 0 aliphatic heterocycles. The van der Waals surface area contributed by atoms with Crippen LogP contribution in [0.25, 0.3) is 0 Å². The van der Waals surface area contributed by atoms with Crippen LogP contribution in [0.2, 0.25) is 5.82 Å². The van der Waals surface area contributed by atoms with Crippen molar-refractivity contribution in [2.45, 2.75) is 37.9 Å². The third kappa shape index (κ3) is 3.38. The zero-order valence-electron chi connectivity index (χ0n) is 14.5. The van der Waals surface area contributed by atoms with Gasteiger partial charge in [0, 0.05) is 10.9 Å². The van der Waals surface area contributed by atoms with Gasteiger partial charge in [0.25, 0.3) is 0 Å². The molecule has 1 aliphatic rings. The number of hydrogen-bond donors (Lipinski definition) is 0. The standard InChI is InChI=1S/C18H11BF10/c20-9-7(10(21)14(25)17(28)13(9)24)19(6-4-2-1-3-5-6)8-11(22)15(26)18(29)16(27)12(8)23/h6H,1-5H2.